The quantitative estimate of drug-likeness (QED) is 0.493. The molecule has 4 atom stereocenters. The topological polar surface area (TPSA) is 105 Å². The summed E-state index contributed by atoms with van der Waals surface area (Å²) in [6.07, 6.45) is 8.25. The second-order valence-corrected chi connectivity index (χ2v) is 9.75. The van der Waals surface area contributed by atoms with Crippen molar-refractivity contribution in [1.29, 1.82) is 0 Å². The van der Waals surface area contributed by atoms with Crippen LogP contribution in [0.1, 0.15) is 70.3 Å². The molecule has 2 saturated heterocycles. The summed E-state index contributed by atoms with van der Waals surface area (Å²) in [6.45, 7) is 5.85. The number of hydrogen-bond donors (Lipinski definition) is 2. The average molecular weight is 498 g/mol. The normalized spacial score (nSPS) is 27.5. The molecular weight excluding hydrogens is 458 g/mol. The molecule has 3 rings (SSSR count). The highest BCUT2D eigenvalue weighted by Gasteiger charge is 2.39. The lowest BCUT2D eigenvalue weighted by molar-refractivity contribution is -0.157. The van der Waals surface area contributed by atoms with Gasteiger partial charge in [-0.1, -0.05) is 62.2 Å². The molecular formula is C28H39N3O5. The molecule has 2 aliphatic heterocycles. The van der Waals surface area contributed by atoms with Gasteiger partial charge in [0, 0.05) is 19.4 Å². The lowest BCUT2D eigenvalue weighted by Gasteiger charge is -2.29. The fraction of sp³-hybridized carbons (Fsp3) is 0.571. The van der Waals surface area contributed by atoms with Gasteiger partial charge in [-0.05, 0) is 44.6 Å². The van der Waals surface area contributed by atoms with Crippen LogP contribution in [0.15, 0.2) is 43.0 Å². The van der Waals surface area contributed by atoms with Crippen molar-refractivity contribution in [2.75, 3.05) is 6.54 Å². The van der Waals surface area contributed by atoms with E-state index in [-0.39, 0.29) is 18.2 Å². The molecule has 8 nitrogen and oxygen atoms in total. The molecule has 0 aromatic heterocycles. The van der Waals surface area contributed by atoms with Crippen LogP contribution in [0.2, 0.25) is 0 Å². The van der Waals surface area contributed by atoms with Crippen LogP contribution in [0, 0.1) is 0 Å². The zero-order chi connectivity index (χ0) is 25.9. The zero-order valence-electron chi connectivity index (χ0n) is 21.2. The van der Waals surface area contributed by atoms with Gasteiger partial charge >= 0.3 is 5.97 Å². The third-order valence-electron chi connectivity index (χ3n) is 6.90. The molecule has 8 heteroatoms. The van der Waals surface area contributed by atoms with Gasteiger partial charge < -0.3 is 20.3 Å². The van der Waals surface area contributed by atoms with Gasteiger partial charge in [-0.3, -0.25) is 14.4 Å². The van der Waals surface area contributed by atoms with Crippen molar-refractivity contribution in [2.45, 2.75) is 95.4 Å². The standard InChI is InChI=1S/C28H39N3O5/c1-3-22-15-10-5-4-6-11-17-25(32)29-20(2)26(33)30-23(19-21-13-8-7-9-14-21)27(34)31-18-12-16-24(31)28(35)36-22/h3,7-9,13-14,20,22-24H,1,4-6,10-12,15-19H2,2H3,(H,29,32)(H,30,33)/t20-,22?,23-,24-/m0/s1. The third-order valence-corrected chi connectivity index (χ3v) is 6.90. The highest BCUT2D eigenvalue weighted by molar-refractivity contribution is 5.93. The maximum atomic E-state index is 13.7. The molecule has 0 spiro atoms. The Labute approximate surface area is 213 Å². The third kappa shape index (κ3) is 7.93. The SMILES string of the molecule is C=CC1CCCCCCCC(=O)N[C@@H](C)C(=O)N[C@@H](Cc2ccccc2)C(=O)N2CCC[C@H]2C(=O)O1. The maximum Gasteiger partial charge on any atom is 0.329 e. The summed E-state index contributed by atoms with van der Waals surface area (Å²) in [5.41, 5.74) is 0.885. The maximum absolute atomic E-state index is 13.7. The van der Waals surface area contributed by atoms with Crippen molar-refractivity contribution in [3.05, 3.63) is 48.6 Å². The van der Waals surface area contributed by atoms with Crippen molar-refractivity contribution >= 4 is 23.7 Å². The predicted molar refractivity (Wildman–Crippen MR) is 137 cm³/mol. The van der Waals surface area contributed by atoms with Crippen LogP contribution in [0.3, 0.4) is 0 Å². The number of nitrogens with one attached hydrogen (secondary N) is 2. The fourth-order valence-corrected chi connectivity index (χ4v) is 4.82. The number of ether oxygens (including phenoxy) is 1. The van der Waals surface area contributed by atoms with Gasteiger partial charge in [0.15, 0.2) is 0 Å². The Morgan fingerprint density at radius 1 is 0.972 bits per heavy atom. The van der Waals surface area contributed by atoms with Gasteiger partial charge in [0.25, 0.3) is 0 Å². The number of nitrogens with zero attached hydrogens (tertiary/aromatic N) is 1. The molecule has 0 saturated carbocycles. The van der Waals surface area contributed by atoms with Gasteiger partial charge in [0.2, 0.25) is 17.7 Å². The number of benzene rings is 1. The number of rotatable bonds is 3. The first-order valence-corrected chi connectivity index (χ1v) is 13.2. The molecule has 36 heavy (non-hydrogen) atoms. The van der Waals surface area contributed by atoms with E-state index in [1.54, 1.807) is 13.0 Å². The minimum atomic E-state index is -0.870. The Kier molecular flexibility index (Phi) is 10.5. The molecule has 2 aliphatic rings. The van der Waals surface area contributed by atoms with Gasteiger partial charge in [0.05, 0.1) is 0 Å². The highest BCUT2D eigenvalue weighted by Crippen LogP contribution is 2.22. The lowest BCUT2D eigenvalue weighted by Crippen LogP contribution is -2.56. The van der Waals surface area contributed by atoms with Crippen LogP contribution in [-0.4, -0.2) is 59.4 Å². The van der Waals surface area contributed by atoms with E-state index in [1.165, 1.54) is 4.90 Å². The average Bonchev–Trinajstić information content (AvgIpc) is 3.36. The molecule has 2 heterocycles. The molecule has 2 N–H and O–H groups in total. The summed E-state index contributed by atoms with van der Waals surface area (Å²) < 4.78 is 5.74. The molecule has 0 aliphatic carbocycles. The zero-order valence-corrected chi connectivity index (χ0v) is 21.2. The summed E-state index contributed by atoms with van der Waals surface area (Å²) >= 11 is 0. The number of amides is 3. The van der Waals surface area contributed by atoms with Crippen molar-refractivity contribution in [3.8, 4) is 0 Å². The van der Waals surface area contributed by atoms with Crippen molar-refractivity contribution in [2.24, 2.45) is 0 Å². The lowest BCUT2D eigenvalue weighted by atomic mass is 10.0. The molecule has 196 valence electrons. The van der Waals surface area contributed by atoms with Gasteiger partial charge in [-0.15, -0.1) is 0 Å². The summed E-state index contributed by atoms with van der Waals surface area (Å²) in [6, 6.07) is 7.08. The number of fused-ring (bicyclic) bond motifs is 1. The van der Waals surface area contributed by atoms with Crippen LogP contribution in [0.25, 0.3) is 0 Å². The van der Waals surface area contributed by atoms with E-state index in [2.05, 4.69) is 17.2 Å². The molecule has 0 bridgehead atoms. The van der Waals surface area contributed by atoms with Crippen molar-refractivity contribution < 1.29 is 23.9 Å². The fourth-order valence-electron chi connectivity index (χ4n) is 4.82. The van der Waals surface area contributed by atoms with E-state index in [1.807, 2.05) is 30.3 Å². The number of hydrogen-bond acceptors (Lipinski definition) is 5. The Morgan fingerprint density at radius 3 is 2.44 bits per heavy atom. The van der Waals surface area contributed by atoms with Crippen LogP contribution in [0.5, 0.6) is 0 Å². The first kappa shape index (κ1) is 27.4. The van der Waals surface area contributed by atoms with E-state index in [0.717, 1.165) is 37.7 Å². The van der Waals surface area contributed by atoms with Crippen LogP contribution < -0.4 is 10.6 Å². The van der Waals surface area contributed by atoms with E-state index in [0.29, 0.717) is 32.2 Å². The molecule has 3 amide bonds. The second-order valence-electron chi connectivity index (χ2n) is 9.75. The smallest absolute Gasteiger partial charge is 0.329 e. The first-order chi connectivity index (χ1) is 17.4. The van der Waals surface area contributed by atoms with Crippen LogP contribution in [-0.2, 0) is 30.3 Å². The molecule has 2 fully saturated rings. The molecule has 1 aromatic carbocycles. The Bertz CT molecular complexity index is 919. The Hall–Kier alpha value is -3.16. The number of cyclic esters (lactones) is 1. The summed E-state index contributed by atoms with van der Waals surface area (Å²) in [5.74, 6) is -1.35. The van der Waals surface area contributed by atoms with E-state index in [9.17, 15) is 19.2 Å². The molecule has 0 radical (unpaired) electrons. The largest absolute Gasteiger partial charge is 0.457 e. The van der Waals surface area contributed by atoms with E-state index >= 15 is 0 Å². The number of carbonyl (C=O) groups is 4. The summed E-state index contributed by atoms with van der Waals surface area (Å²) in [4.78, 5) is 53.6. The monoisotopic (exact) mass is 497 g/mol. The summed E-state index contributed by atoms with van der Waals surface area (Å²) in [5, 5.41) is 5.58. The van der Waals surface area contributed by atoms with Crippen molar-refractivity contribution in [1.82, 2.24) is 15.5 Å². The highest BCUT2D eigenvalue weighted by atomic mass is 16.5. The second kappa shape index (κ2) is 13.8. The van der Waals surface area contributed by atoms with Gasteiger partial charge in [-0.25, -0.2) is 4.79 Å². The molecule has 1 unspecified atom stereocenters. The predicted octanol–water partition coefficient (Wildman–Crippen LogP) is 3.05. The minimum Gasteiger partial charge on any atom is -0.457 e. The van der Waals surface area contributed by atoms with E-state index < -0.39 is 36.1 Å². The van der Waals surface area contributed by atoms with Crippen LogP contribution in [0.4, 0.5) is 0 Å². The molecule has 1 aromatic rings. The van der Waals surface area contributed by atoms with Crippen molar-refractivity contribution in [3.63, 3.8) is 0 Å². The first-order valence-electron chi connectivity index (χ1n) is 13.2. The van der Waals surface area contributed by atoms with Gasteiger partial charge in [0.1, 0.15) is 24.2 Å². The van der Waals surface area contributed by atoms with Crippen LogP contribution >= 0.6 is 0 Å². The Balaban J connectivity index is 1.82. The Morgan fingerprint density at radius 2 is 1.69 bits per heavy atom. The number of esters is 1. The van der Waals surface area contributed by atoms with Gasteiger partial charge in [-0.2, -0.15) is 0 Å². The minimum absolute atomic E-state index is 0.174. The van der Waals surface area contributed by atoms with E-state index in [4.69, 9.17) is 4.74 Å². The number of carbonyl (C=O) groups excluding carboxylic acids is 4. The summed E-state index contributed by atoms with van der Waals surface area (Å²) in [7, 11) is 0.